The SMILES string of the molecule is CC(C)=CC(=O)N(CC1CC1)CC1CCCN1. The van der Waals surface area contributed by atoms with Gasteiger partial charge in [0.2, 0.25) is 5.91 Å². The fraction of sp³-hybridized carbons (Fsp3) is 0.786. The van der Waals surface area contributed by atoms with E-state index in [2.05, 4.69) is 5.32 Å². The Morgan fingerprint density at radius 3 is 2.59 bits per heavy atom. The van der Waals surface area contributed by atoms with Crippen LogP contribution in [0.2, 0.25) is 0 Å². The summed E-state index contributed by atoms with van der Waals surface area (Å²) >= 11 is 0. The molecule has 1 N–H and O–H groups in total. The Morgan fingerprint density at radius 1 is 1.29 bits per heavy atom. The maximum atomic E-state index is 12.1. The second-order valence-corrected chi connectivity index (χ2v) is 5.70. The smallest absolute Gasteiger partial charge is 0.246 e. The van der Waals surface area contributed by atoms with Gasteiger partial charge in [0, 0.05) is 25.2 Å². The van der Waals surface area contributed by atoms with Crippen molar-refractivity contribution in [3.05, 3.63) is 11.6 Å². The van der Waals surface area contributed by atoms with Crippen molar-refractivity contribution >= 4 is 5.91 Å². The summed E-state index contributed by atoms with van der Waals surface area (Å²) in [4.78, 5) is 14.2. The number of hydrogen-bond donors (Lipinski definition) is 1. The predicted molar refractivity (Wildman–Crippen MR) is 69.8 cm³/mol. The number of allylic oxidation sites excluding steroid dienone is 1. The summed E-state index contributed by atoms with van der Waals surface area (Å²) in [5, 5.41) is 3.47. The quantitative estimate of drug-likeness (QED) is 0.740. The van der Waals surface area contributed by atoms with Gasteiger partial charge in [0.15, 0.2) is 0 Å². The molecule has 2 aliphatic rings. The monoisotopic (exact) mass is 236 g/mol. The molecule has 17 heavy (non-hydrogen) atoms. The van der Waals surface area contributed by atoms with Gasteiger partial charge in [-0.2, -0.15) is 0 Å². The zero-order chi connectivity index (χ0) is 12.3. The molecule has 0 aromatic heterocycles. The largest absolute Gasteiger partial charge is 0.337 e. The van der Waals surface area contributed by atoms with E-state index in [4.69, 9.17) is 0 Å². The summed E-state index contributed by atoms with van der Waals surface area (Å²) in [7, 11) is 0. The van der Waals surface area contributed by atoms with Crippen LogP contribution in [0.25, 0.3) is 0 Å². The number of nitrogens with zero attached hydrogens (tertiary/aromatic N) is 1. The first-order chi connectivity index (χ1) is 8.15. The van der Waals surface area contributed by atoms with Crippen molar-refractivity contribution in [2.75, 3.05) is 19.6 Å². The Labute approximate surface area is 104 Å². The number of hydrogen-bond acceptors (Lipinski definition) is 2. The zero-order valence-electron chi connectivity index (χ0n) is 11.0. The molecule has 1 saturated carbocycles. The van der Waals surface area contributed by atoms with Crippen LogP contribution in [-0.4, -0.2) is 36.5 Å². The van der Waals surface area contributed by atoms with E-state index in [-0.39, 0.29) is 5.91 Å². The van der Waals surface area contributed by atoms with Crippen LogP contribution in [0.3, 0.4) is 0 Å². The van der Waals surface area contributed by atoms with Gasteiger partial charge < -0.3 is 10.2 Å². The van der Waals surface area contributed by atoms with Crippen LogP contribution in [0, 0.1) is 5.92 Å². The lowest BCUT2D eigenvalue weighted by atomic mass is 10.2. The maximum absolute atomic E-state index is 12.1. The summed E-state index contributed by atoms with van der Waals surface area (Å²) in [6.07, 6.45) is 6.84. The molecule has 1 atom stereocenters. The molecule has 1 heterocycles. The fourth-order valence-corrected chi connectivity index (χ4v) is 2.38. The molecule has 2 fully saturated rings. The maximum Gasteiger partial charge on any atom is 0.246 e. The standard InChI is InChI=1S/C14H24N2O/c1-11(2)8-14(17)16(9-12-5-6-12)10-13-4-3-7-15-13/h8,12-13,15H,3-7,9-10H2,1-2H3. The summed E-state index contributed by atoms with van der Waals surface area (Å²) in [6.45, 7) is 6.93. The van der Waals surface area contributed by atoms with E-state index in [1.165, 1.54) is 25.7 Å². The van der Waals surface area contributed by atoms with Gasteiger partial charge in [-0.15, -0.1) is 0 Å². The third-order valence-electron chi connectivity index (χ3n) is 3.50. The van der Waals surface area contributed by atoms with E-state index in [0.717, 1.165) is 31.1 Å². The molecule has 0 radical (unpaired) electrons. The second-order valence-electron chi connectivity index (χ2n) is 5.70. The predicted octanol–water partition coefficient (Wildman–Crippen LogP) is 1.94. The van der Waals surface area contributed by atoms with Gasteiger partial charge in [-0.05, 0) is 52.0 Å². The van der Waals surface area contributed by atoms with E-state index in [1.807, 2.05) is 18.7 Å². The van der Waals surface area contributed by atoms with Crippen molar-refractivity contribution in [3.8, 4) is 0 Å². The first kappa shape index (κ1) is 12.6. The molecule has 2 rings (SSSR count). The molecule has 1 aliphatic heterocycles. The van der Waals surface area contributed by atoms with Crippen LogP contribution in [-0.2, 0) is 4.79 Å². The molecular formula is C14H24N2O. The average molecular weight is 236 g/mol. The van der Waals surface area contributed by atoms with E-state index in [9.17, 15) is 4.79 Å². The van der Waals surface area contributed by atoms with Gasteiger partial charge in [0.25, 0.3) is 0 Å². The number of nitrogens with one attached hydrogen (secondary N) is 1. The van der Waals surface area contributed by atoms with Gasteiger partial charge in [0.1, 0.15) is 0 Å². The molecule has 96 valence electrons. The molecule has 1 amide bonds. The summed E-state index contributed by atoms with van der Waals surface area (Å²) in [5.74, 6) is 0.969. The molecule has 1 aliphatic carbocycles. The Bertz CT molecular complexity index is 297. The van der Waals surface area contributed by atoms with Crippen molar-refractivity contribution in [3.63, 3.8) is 0 Å². The first-order valence-electron chi connectivity index (χ1n) is 6.82. The van der Waals surface area contributed by atoms with Crippen molar-refractivity contribution in [1.29, 1.82) is 0 Å². The zero-order valence-corrected chi connectivity index (χ0v) is 11.0. The minimum atomic E-state index is 0.200. The number of rotatable bonds is 5. The molecule has 3 heteroatoms. The Kier molecular flexibility index (Phi) is 4.21. The van der Waals surface area contributed by atoms with E-state index < -0.39 is 0 Å². The minimum absolute atomic E-state index is 0.200. The highest BCUT2D eigenvalue weighted by Crippen LogP contribution is 2.30. The second kappa shape index (κ2) is 5.67. The summed E-state index contributed by atoms with van der Waals surface area (Å²) < 4.78 is 0. The highest BCUT2D eigenvalue weighted by atomic mass is 16.2. The van der Waals surface area contributed by atoms with Crippen LogP contribution in [0.5, 0.6) is 0 Å². The Hall–Kier alpha value is -0.830. The number of carbonyl (C=O) groups is 1. The van der Waals surface area contributed by atoms with Crippen LogP contribution in [0.4, 0.5) is 0 Å². The van der Waals surface area contributed by atoms with Crippen molar-refractivity contribution < 1.29 is 4.79 Å². The van der Waals surface area contributed by atoms with Gasteiger partial charge >= 0.3 is 0 Å². The average Bonchev–Trinajstić information content (AvgIpc) is 2.91. The molecular weight excluding hydrogens is 212 g/mol. The van der Waals surface area contributed by atoms with Gasteiger partial charge in [-0.1, -0.05) is 5.57 Å². The minimum Gasteiger partial charge on any atom is -0.337 e. The van der Waals surface area contributed by atoms with Crippen molar-refractivity contribution in [2.45, 2.75) is 45.6 Å². The number of carbonyl (C=O) groups excluding carboxylic acids is 1. The van der Waals surface area contributed by atoms with Crippen LogP contribution in [0.15, 0.2) is 11.6 Å². The lowest BCUT2D eigenvalue weighted by Crippen LogP contribution is -2.41. The molecule has 0 spiro atoms. The van der Waals surface area contributed by atoms with Crippen LogP contribution in [0.1, 0.15) is 39.5 Å². The number of amides is 1. The highest BCUT2D eigenvalue weighted by Gasteiger charge is 2.28. The van der Waals surface area contributed by atoms with Gasteiger partial charge in [-0.3, -0.25) is 4.79 Å². The molecule has 1 saturated heterocycles. The topological polar surface area (TPSA) is 32.3 Å². The molecule has 1 unspecified atom stereocenters. The molecule has 3 nitrogen and oxygen atoms in total. The molecule has 0 aromatic carbocycles. The van der Waals surface area contributed by atoms with Gasteiger partial charge in [0.05, 0.1) is 0 Å². The van der Waals surface area contributed by atoms with E-state index >= 15 is 0 Å². The molecule has 0 bridgehead atoms. The summed E-state index contributed by atoms with van der Waals surface area (Å²) in [5.41, 5.74) is 1.09. The van der Waals surface area contributed by atoms with Crippen molar-refractivity contribution in [1.82, 2.24) is 10.2 Å². The Balaban J connectivity index is 1.90. The third-order valence-corrected chi connectivity index (χ3v) is 3.50. The van der Waals surface area contributed by atoms with Gasteiger partial charge in [-0.25, -0.2) is 0 Å². The lowest BCUT2D eigenvalue weighted by molar-refractivity contribution is -0.126. The molecule has 0 aromatic rings. The first-order valence-corrected chi connectivity index (χ1v) is 6.82. The normalized spacial score (nSPS) is 23.5. The van der Waals surface area contributed by atoms with E-state index in [0.29, 0.717) is 6.04 Å². The van der Waals surface area contributed by atoms with Crippen LogP contribution < -0.4 is 5.32 Å². The summed E-state index contributed by atoms with van der Waals surface area (Å²) in [6, 6.07) is 0.517. The third kappa shape index (κ3) is 4.15. The van der Waals surface area contributed by atoms with Crippen molar-refractivity contribution in [2.24, 2.45) is 5.92 Å². The van der Waals surface area contributed by atoms with E-state index in [1.54, 1.807) is 6.08 Å². The lowest BCUT2D eigenvalue weighted by Gasteiger charge is -2.25. The van der Waals surface area contributed by atoms with Crippen LogP contribution >= 0.6 is 0 Å². The Morgan fingerprint density at radius 2 is 2.06 bits per heavy atom. The highest BCUT2D eigenvalue weighted by molar-refractivity contribution is 5.88. The fourth-order valence-electron chi connectivity index (χ4n) is 2.38.